The van der Waals surface area contributed by atoms with Crippen LogP contribution in [0.2, 0.25) is 19.0 Å². The molecule has 0 amide bonds. The second-order valence-corrected chi connectivity index (χ2v) is 3.20. The third kappa shape index (κ3) is 4.66. The van der Waals surface area contributed by atoms with Gasteiger partial charge in [0.25, 0.3) is 0 Å². The van der Waals surface area contributed by atoms with E-state index in [-0.39, 0.29) is 0 Å². The first-order chi connectivity index (χ1) is 4.70. The molecule has 58 valence electrons. The number of hydrogen-bond acceptors (Lipinski definition) is 0. The first-order valence-corrected chi connectivity index (χ1v) is 4.34. The molecule has 0 aliphatic rings. The molecule has 0 aromatic carbocycles. The zero-order valence-corrected chi connectivity index (χ0v) is 7.78. The molecule has 1 heteroatoms. The highest BCUT2D eigenvalue weighted by molar-refractivity contribution is 6.59. The molecule has 0 rings (SSSR count). The van der Waals surface area contributed by atoms with Gasteiger partial charge in [0.1, 0.15) is 6.71 Å². The summed E-state index contributed by atoms with van der Waals surface area (Å²) in [6.07, 6.45) is 6.26. The first-order valence-electron chi connectivity index (χ1n) is 4.34. The molecule has 0 unspecified atom stereocenters. The summed E-state index contributed by atoms with van der Waals surface area (Å²) in [6.45, 7) is 9.79. The van der Waals surface area contributed by atoms with Gasteiger partial charge in [-0.3, -0.25) is 0 Å². The lowest BCUT2D eigenvalue weighted by molar-refractivity contribution is 1.26. The van der Waals surface area contributed by atoms with Crippen LogP contribution in [0.25, 0.3) is 0 Å². The fourth-order valence-electron chi connectivity index (χ4n) is 1.02. The molecule has 0 fully saturated rings. The van der Waals surface area contributed by atoms with Gasteiger partial charge in [0, 0.05) is 0 Å². The highest BCUT2D eigenvalue weighted by atomic mass is 13.8. The number of hydrogen-bond donors (Lipinski definition) is 0. The van der Waals surface area contributed by atoms with Crippen molar-refractivity contribution in [2.24, 2.45) is 0 Å². The largest absolute Gasteiger partial charge is 0.143 e. The maximum atomic E-state index is 2.34. The van der Waals surface area contributed by atoms with Gasteiger partial charge in [-0.05, 0) is 13.8 Å². The van der Waals surface area contributed by atoms with Crippen molar-refractivity contribution < 1.29 is 0 Å². The molecule has 0 heterocycles. The summed E-state index contributed by atoms with van der Waals surface area (Å²) in [4.78, 5) is 0. The SMILES string of the molecule is CCB(CC)CC=C(C)C. The standard InChI is InChI=1S/C9H19B/c1-5-10(6-2)8-7-9(3)4/h7H,5-6,8H2,1-4H3. The van der Waals surface area contributed by atoms with Crippen molar-refractivity contribution in [3.63, 3.8) is 0 Å². The molecule has 0 aromatic rings. The zero-order valence-electron chi connectivity index (χ0n) is 7.78. The highest BCUT2D eigenvalue weighted by Gasteiger charge is 2.04. The second kappa shape index (κ2) is 5.58. The van der Waals surface area contributed by atoms with Crippen LogP contribution < -0.4 is 0 Å². The zero-order chi connectivity index (χ0) is 7.98. The van der Waals surface area contributed by atoms with Crippen LogP contribution in [-0.4, -0.2) is 6.71 Å². The van der Waals surface area contributed by atoms with E-state index in [1.165, 1.54) is 24.5 Å². The quantitative estimate of drug-likeness (QED) is 0.412. The van der Waals surface area contributed by atoms with Crippen molar-refractivity contribution >= 4 is 6.71 Å². The smallest absolute Gasteiger partial charge is 0.0931 e. The fourth-order valence-corrected chi connectivity index (χ4v) is 1.02. The Morgan fingerprint density at radius 2 is 1.70 bits per heavy atom. The van der Waals surface area contributed by atoms with Gasteiger partial charge in [0.05, 0.1) is 0 Å². The molecule has 0 spiro atoms. The van der Waals surface area contributed by atoms with Crippen LogP contribution in [0.3, 0.4) is 0 Å². The predicted molar refractivity (Wildman–Crippen MR) is 51.0 cm³/mol. The predicted octanol–water partition coefficient (Wildman–Crippen LogP) is 3.49. The van der Waals surface area contributed by atoms with Crippen LogP contribution in [0.4, 0.5) is 0 Å². The van der Waals surface area contributed by atoms with Crippen LogP contribution in [0.15, 0.2) is 11.6 Å². The Kier molecular flexibility index (Phi) is 5.47. The van der Waals surface area contributed by atoms with Crippen molar-refractivity contribution in [3.05, 3.63) is 11.6 Å². The van der Waals surface area contributed by atoms with E-state index in [9.17, 15) is 0 Å². The average Bonchev–Trinajstić information content (AvgIpc) is 1.90. The summed E-state index contributed by atoms with van der Waals surface area (Å²) >= 11 is 0. The molecule has 0 aromatic heterocycles. The molecular formula is C9H19B. The Morgan fingerprint density at radius 3 is 2.00 bits per heavy atom. The summed E-state index contributed by atoms with van der Waals surface area (Å²) in [6, 6.07) is 0. The molecule has 0 bridgehead atoms. The van der Waals surface area contributed by atoms with E-state index in [1.807, 2.05) is 0 Å². The maximum Gasteiger partial charge on any atom is 0.143 e. The summed E-state index contributed by atoms with van der Waals surface area (Å²) < 4.78 is 0. The second-order valence-electron chi connectivity index (χ2n) is 3.20. The Balaban J connectivity index is 3.54. The van der Waals surface area contributed by atoms with E-state index in [1.54, 1.807) is 0 Å². The van der Waals surface area contributed by atoms with Crippen LogP contribution >= 0.6 is 0 Å². The molecule has 0 saturated carbocycles. The Hall–Kier alpha value is -0.195. The third-order valence-electron chi connectivity index (χ3n) is 2.01. The van der Waals surface area contributed by atoms with Crippen LogP contribution in [0.1, 0.15) is 27.7 Å². The third-order valence-corrected chi connectivity index (χ3v) is 2.01. The molecular weight excluding hydrogens is 119 g/mol. The first kappa shape index (κ1) is 9.80. The summed E-state index contributed by atoms with van der Waals surface area (Å²) in [5.74, 6) is 0. The lowest BCUT2D eigenvalue weighted by atomic mass is 9.43. The van der Waals surface area contributed by atoms with Crippen molar-refractivity contribution in [2.75, 3.05) is 0 Å². The highest BCUT2D eigenvalue weighted by Crippen LogP contribution is 2.06. The fraction of sp³-hybridized carbons (Fsp3) is 0.778. The average molecular weight is 138 g/mol. The van der Waals surface area contributed by atoms with Gasteiger partial charge in [0.15, 0.2) is 0 Å². The van der Waals surface area contributed by atoms with E-state index in [4.69, 9.17) is 0 Å². The molecule has 0 nitrogen and oxygen atoms in total. The van der Waals surface area contributed by atoms with E-state index in [0.717, 1.165) is 6.71 Å². The van der Waals surface area contributed by atoms with E-state index < -0.39 is 0 Å². The lowest BCUT2D eigenvalue weighted by Gasteiger charge is -2.03. The lowest BCUT2D eigenvalue weighted by Crippen LogP contribution is -2.06. The Labute approximate surface area is 65.8 Å². The van der Waals surface area contributed by atoms with Crippen molar-refractivity contribution in [3.8, 4) is 0 Å². The van der Waals surface area contributed by atoms with Gasteiger partial charge in [-0.2, -0.15) is 0 Å². The van der Waals surface area contributed by atoms with Crippen LogP contribution in [0, 0.1) is 0 Å². The topological polar surface area (TPSA) is 0 Å². The van der Waals surface area contributed by atoms with Gasteiger partial charge >= 0.3 is 0 Å². The van der Waals surface area contributed by atoms with Crippen molar-refractivity contribution in [1.29, 1.82) is 0 Å². The summed E-state index contributed by atoms with van der Waals surface area (Å²) in [7, 11) is 0. The summed E-state index contributed by atoms with van der Waals surface area (Å²) in [5.41, 5.74) is 1.45. The molecule has 0 aliphatic carbocycles. The van der Waals surface area contributed by atoms with Gasteiger partial charge in [-0.15, -0.1) is 0 Å². The number of rotatable bonds is 4. The van der Waals surface area contributed by atoms with E-state index in [2.05, 4.69) is 33.8 Å². The maximum absolute atomic E-state index is 2.34. The molecule has 0 saturated heterocycles. The molecule has 0 aliphatic heterocycles. The van der Waals surface area contributed by atoms with Gasteiger partial charge in [0.2, 0.25) is 0 Å². The van der Waals surface area contributed by atoms with Gasteiger partial charge < -0.3 is 0 Å². The van der Waals surface area contributed by atoms with E-state index in [0.29, 0.717) is 0 Å². The van der Waals surface area contributed by atoms with Gasteiger partial charge in [-0.1, -0.05) is 44.5 Å². The number of allylic oxidation sites excluding steroid dienone is 2. The monoisotopic (exact) mass is 138 g/mol. The Morgan fingerprint density at radius 1 is 1.20 bits per heavy atom. The minimum atomic E-state index is 0.912. The van der Waals surface area contributed by atoms with Crippen LogP contribution in [-0.2, 0) is 0 Å². The van der Waals surface area contributed by atoms with E-state index >= 15 is 0 Å². The molecule has 0 N–H and O–H groups in total. The van der Waals surface area contributed by atoms with Gasteiger partial charge in [-0.25, -0.2) is 0 Å². The molecule has 0 radical (unpaired) electrons. The Bertz CT molecular complexity index is 97.3. The molecule has 0 atom stereocenters. The normalized spacial score (nSPS) is 9.20. The molecule has 10 heavy (non-hydrogen) atoms. The minimum Gasteiger partial charge on any atom is -0.0931 e. The van der Waals surface area contributed by atoms with Crippen molar-refractivity contribution in [2.45, 2.75) is 46.7 Å². The minimum absolute atomic E-state index is 0.912. The van der Waals surface area contributed by atoms with Crippen LogP contribution in [0.5, 0.6) is 0 Å². The summed E-state index contributed by atoms with van der Waals surface area (Å²) in [5, 5.41) is 0. The van der Waals surface area contributed by atoms with Crippen molar-refractivity contribution in [1.82, 2.24) is 0 Å².